The van der Waals surface area contributed by atoms with Crippen LogP contribution in [0.2, 0.25) is 0 Å². The number of rotatable bonds is 3. The summed E-state index contributed by atoms with van der Waals surface area (Å²) in [4.78, 5) is 38.2. The van der Waals surface area contributed by atoms with Crippen molar-refractivity contribution in [2.45, 2.75) is 0 Å². The molecule has 0 saturated heterocycles. The topological polar surface area (TPSA) is 103 Å². The largest absolute Gasteiger partial charge is 0.341 e. The number of anilines is 2. The maximum atomic E-state index is 12.4. The summed E-state index contributed by atoms with van der Waals surface area (Å²) in [5, 5.41) is 9.00. The lowest BCUT2D eigenvalue weighted by molar-refractivity contribution is 0.102. The quantitative estimate of drug-likeness (QED) is 0.591. The Morgan fingerprint density at radius 2 is 1.56 bits per heavy atom. The molecule has 0 atom stereocenters. The molecule has 3 aromatic rings. The standard InChI is InChI=1S/C18H16N4O3/c1-19-18(25)21-13-8-6-12(7-9-13)20-17(24)15-10-11-4-2-3-5-14(11)16(23)22-15/h2-10H,1H3,(H,20,24)(H,22,23)(H2,19,21,25). The molecule has 0 radical (unpaired) electrons. The van der Waals surface area contributed by atoms with E-state index in [0.29, 0.717) is 22.1 Å². The Hall–Kier alpha value is -3.61. The van der Waals surface area contributed by atoms with Gasteiger partial charge in [0.05, 0.1) is 0 Å². The molecular weight excluding hydrogens is 320 g/mol. The third-order valence-corrected chi connectivity index (χ3v) is 3.63. The molecule has 0 aliphatic carbocycles. The van der Waals surface area contributed by atoms with E-state index in [1.54, 1.807) is 48.5 Å². The predicted octanol–water partition coefficient (Wildman–Crippen LogP) is 2.53. The molecule has 7 heteroatoms. The number of H-pyrrole nitrogens is 1. The molecule has 0 aliphatic heterocycles. The summed E-state index contributed by atoms with van der Waals surface area (Å²) in [5.74, 6) is -0.421. The molecule has 7 nitrogen and oxygen atoms in total. The van der Waals surface area contributed by atoms with E-state index < -0.39 is 5.91 Å². The number of aromatic nitrogens is 1. The van der Waals surface area contributed by atoms with Crippen LogP contribution in [0, 0.1) is 0 Å². The van der Waals surface area contributed by atoms with Crippen molar-refractivity contribution in [1.29, 1.82) is 0 Å². The second-order valence-electron chi connectivity index (χ2n) is 5.33. The summed E-state index contributed by atoms with van der Waals surface area (Å²) < 4.78 is 0. The molecule has 0 aliphatic rings. The van der Waals surface area contributed by atoms with Crippen molar-refractivity contribution >= 4 is 34.1 Å². The van der Waals surface area contributed by atoms with E-state index in [1.165, 1.54) is 7.05 Å². The lowest BCUT2D eigenvalue weighted by atomic mass is 10.1. The number of amides is 3. The van der Waals surface area contributed by atoms with Crippen LogP contribution in [0.5, 0.6) is 0 Å². The van der Waals surface area contributed by atoms with E-state index >= 15 is 0 Å². The van der Waals surface area contributed by atoms with Crippen LogP contribution in [0.25, 0.3) is 10.8 Å². The Morgan fingerprint density at radius 3 is 2.24 bits per heavy atom. The van der Waals surface area contributed by atoms with E-state index in [2.05, 4.69) is 20.9 Å². The minimum atomic E-state index is -0.421. The van der Waals surface area contributed by atoms with E-state index in [9.17, 15) is 14.4 Å². The molecule has 0 spiro atoms. The van der Waals surface area contributed by atoms with Gasteiger partial charge in [0.1, 0.15) is 5.69 Å². The summed E-state index contributed by atoms with van der Waals surface area (Å²) in [5.41, 5.74) is 1.00. The van der Waals surface area contributed by atoms with Crippen LogP contribution in [0.4, 0.5) is 16.2 Å². The fraction of sp³-hybridized carbons (Fsp3) is 0.0556. The van der Waals surface area contributed by atoms with Gasteiger partial charge < -0.3 is 20.9 Å². The third kappa shape index (κ3) is 3.66. The molecule has 1 aromatic heterocycles. The van der Waals surface area contributed by atoms with Gasteiger partial charge in [-0.3, -0.25) is 9.59 Å². The van der Waals surface area contributed by atoms with Gasteiger partial charge in [0.15, 0.2) is 0 Å². The molecule has 1 heterocycles. The normalized spacial score (nSPS) is 10.3. The van der Waals surface area contributed by atoms with E-state index in [0.717, 1.165) is 0 Å². The predicted molar refractivity (Wildman–Crippen MR) is 97.0 cm³/mol. The molecule has 2 aromatic carbocycles. The molecule has 3 rings (SSSR count). The molecular formula is C18H16N4O3. The van der Waals surface area contributed by atoms with E-state index in [1.807, 2.05) is 6.07 Å². The number of carbonyl (C=O) groups excluding carboxylic acids is 2. The highest BCUT2D eigenvalue weighted by Crippen LogP contribution is 2.15. The van der Waals surface area contributed by atoms with Gasteiger partial charge in [-0.15, -0.1) is 0 Å². The van der Waals surface area contributed by atoms with Gasteiger partial charge in [-0.2, -0.15) is 0 Å². The maximum absolute atomic E-state index is 12.4. The highest BCUT2D eigenvalue weighted by atomic mass is 16.2. The lowest BCUT2D eigenvalue weighted by Crippen LogP contribution is -2.24. The Labute approximate surface area is 143 Å². The van der Waals surface area contributed by atoms with Crippen molar-refractivity contribution in [3.8, 4) is 0 Å². The van der Waals surface area contributed by atoms with Crippen molar-refractivity contribution in [3.63, 3.8) is 0 Å². The van der Waals surface area contributed by atoms with Crippen molar-refractivity contribution in [3.05, 3.63) is 70.6 Å². The third-order valence-electron chi connectivity index (χ3n) is 3.63. The summed E-state index contributed by atoms with van der Waals surface area (Å²) in [6, 6.07) is 15.0. The Kier molecular flexibility index (Phi) is 4.47. The fourth-order valence-electron chi connectivity index (χ4n) is 2.36. The van der Waals surface area contributed by atoms with Crippen molar-refractivity contribution in [2.24, 2.45) is 0 Å². The van der Waals surface area contributed by atoms with Crippen LogP contribution in [0.3, 0.4) is 0 Å². The zero-order chi connectivity index (χ0) is 17.8. The second-order valence-corrected chi connectivity index (χ2v) is 5.33. The van der Waals surface area contributed by atoms with Gasteiger partial charge in [0.2, 0.25) is 0 Å². The van der Waals surface area contributed by atoms with Gasteiger partial charge in [-0.05, 0) is 41.8 Å². The SMILES string of the molecule is CNC(=O)Nc1ccc(NC(=O)c2cc3ccccc3c(=O)[nH]2)cc1. The Morgan fingerprint density at radius 1 is 0.920 bits per heavy atom. The number of aromatic amines is 1. The lowest BCUT2D eigenvalue weighted by Gasteiger charge is -2.08. The number of hydrogen-bond donors (Lipinski definition) is 4. The molecule has 126 valence electrons. The summed E-state index contributed by atoms with van der Waals surface area (Å²) in [7, 11) is 1.52. The summed E-state index contributed by atoms with van der Waals surface area (Å²) in [6.45, 7) is 0. The number of hydrogen-bond acceptors (Lipinski definition) is 3. The van der Waals surface area contributed by atoms with Crippen molar-refractivity contribution in [2.75, 3.05) is 17.7 Å². The molecule has 0 saturated carbocycles. The van der Waals surface area contributed by atoms with Crippen LogP contribution in [0.1, 0.15) is 10.5 Å². The summed E-state index contributed by atoms with van der Waals surface area (Å²) in [6.07, 6.45) is 0. The fourth-order valence-corrected chi connectivity index (χ4v) is 2.36. The van der Waals surface area contributed by atoms with Crippen LogP contribution >= 0.6 is 0 Å². The summed E-state index contributed by atoms with van der Waals surface area (Å²) >= 11 is 0. The minimum Gasteiger partial charge on any atom is -0.341 e. The van der Waals surface area contributed by atoms with Gasteiger partial charge in [-0.25, -0.2) is 4.79 Å². The second kappa shape index (κ2) is 6.88. The van der Waals surface area contributed by atoms with Crippen molar-refractivity contribution < 1.29 is 9.59 Å². The van der Waals surface area contributed by atoms with Gasteiger partial charge in [0, 0.05) is 23.8 Å². The first-order valence-electron chi connectivity index (χ1n) is 7.59. The van der Waals surface area contributed by atoms with Crippen LogP contribution in [-0.2, 0) is 0 Å². The number of nitrogens with one attached hydrogen (secondary N) is 4. The van der Waals surface area contributed by atoms with Crippen LogP contribution < -0.4 is 21.5 Å². The highest BCUT2D eigenvalue weighted by molar-refractivity contribution is 6.04. The van der Waals surface area contributed by atoms with Crippen LogP contribution in [0.15, 0.2) is 59.4 Å². The average molecular weight is 336 g/mol. The van der Waals surface area contributed by atoms with E-state index in [-0.39, 0.29) is 17.3 Å². The first-order valence-corrected chi connectivity index (χ1v) is 7.59. The molecule has 0 bridgehead atoms. The number of urea groups is 1. The number of pyridine rings is 1. The zero-order valence-corrected chi connectivity index (χ0v) is 13.4. The average Bonchev–Trinajstić information content (AvgIpc) is 2.63. The van der Waals surface area contributed by atoms with Gasteiger partial charge >= 0.3 is 6.03 Å². The smallest absolute Gasteiger partial charge is 0.318 e. The minimum absolute atomic E-state index is 0.177. The zero-order valence-electron chi connectivity index (χ0n) is 13.4. The first-order chi connectivity index (χ1) is 12.1. The van der Waals surface area contributed by atoms with Gasteiger partial charge in [-0.1, -0.05) is 18.2 Å². The molecule has 0 unspecified atom stereocenters. The number of carbonyl (C=O) groups is 2. The monoisotopic (exact) mass is 336 g/mol. The highest BCUT2D eigenvalue weighted by Gasteiger charge is 2.10. The molecule has 0 fully saturated rings. The van der Waals surface area contributed by atoms with Crippen molar-refractivity contribution in [1.82, 2.24) is 10.3 Å². The molecule has 3 amide bonds. The molecule has 25 heavy (non-hydrogen) atoms. The first kappa shape index (κ1) is 16.3. The van der Waals surface area contributed by atoms with E-state index in [4.69, 9.17) is 0 Å². The number of benzene rings is 2. The Balaban J connectivity index is 1.78. The van der Waals surface area contributed by atoms with Crippen LogP contribution in [-0.4, -0.2) is 24.0 Å². The maximum Gasteiger partial charge on any atom is 0.318 e. The number of fused-ring (bicyclic) bond motifs is 1. The molecule has 4 N–H and O–H groups in total. The Bertz CT molecular complexity index is 993. The van der Waals surface area contributed by atoms with Gasteiger partial charge in [0.25, 0.3) is 11.5 Å².